The maximum Gasteiger partial charge on any atom is 0.246 e. The molecule has 1 aromatic rings. The van der Waals surface area contributed by atoms with Crippen molar-refractivity contribution in [2.45, 2.75) is 63.5 Å². The minimum atomic E-state index is 0.0996. The van der Waals surface area contributed by atoms with Crippen molar-refractivity contribution in [1.29, 1.82) is 0 Å². The number of carbonyl (C=O) groups is 1. The number of ether oxygens (including phenoxy) is 1. The van der Waals surface area contributed by atoms with Gasteiger partial charge < -0.3 is 14.5 Å². The fourth-order valence-electron chi connectivity index (χ4n) is 5.12. The molecule has 4 rings (SSSR count). The van der Waals surface area contributed by atoms with Gasteiger partial charge in [0.15, 0.2) is 0 Å². The molecule has 3 heterocycles. The molecule has 0 aromatic carbocycles. The summed E-state index contributed by atoms with van der Waals surface area (Å²) < 4.78 is 5.83. The van der Waals surface area contributed by atoms with Crippen LogP contribution in [0.4, 0.5) is 0 Å². The first kappa shape index (κ1) is 20.5. The fourth-order valence-corrected chi connectivity index (χ4v) is 5.12. The summed E-state index contributed by atoms with van der Waals surface area (Å²) in [6, 6.07) is 4.69. The number of aromatic nitrogens is 1. The number of carbonyl (C=O) groups excluding carboxylic acids is 1. The van der Waals surface area contributed by atoms with Crippen LogP contribution in [0.2, 0.25) is 0 Å². The van der Waals surface area contributed by atoms with E-state index in [1.165, 1.54) is 51.6 Å². The Morgan fingerprint density at radius 2 is 1.97 bits per heavy atom. The molecule has 1 saturated carbocycles. The van der Waals surface area contributed by atoms with Gasteiger partial charge in [-0.1, -0.05) is 18.9 Å². The molecule has 1 aromatic heterocycles. The van der Waals surface area contributed by atoms with Crippen molar-refractivity contribution in [3.63, 3.8) is 0 Å². The predicted molar refractivity (Wildman–Crippen MR) is 115 cm³/mol. The number of hydrogen-bond donors (Lipinski definition) is 0. The monoisotopic (exact) mass is 397 g/mol. The second kappa shape index (κ2) is 10.4. The zero-order valence-corrected chi connectivity index (χ0v) is 17.5. The molecular formula is C24H35N3O2. The van der Waals surface area contributed by atoms with E-state index in [1.54, 1.807) is 18.5 Å². The third-order valence-corrected chi connectivity index (χ3v) is 6.83. The number of piperidine rings is 1. The van der Waals surface area contributed by atoms with Gasteiger partial charge in [-0.15, -0.1) is 0 Å². The normalized spacial score (nSPS) is 24.5. The van der Waals surface area contributed by atoms with E-state index in [9.17, 15) is 4.79 Å². The van der Waals surface area contributed by atoms with Crippen LogP contribution < -0.4 is 0 Å². The molecule has 158 valence electrons. The van der Waals surface area contributed by atoms with Crippen LogP contribution in [0.3, 0.4) is 0 Å². The molecule has 5 heteroatoms. The average Bonchev–Trinajstić information content (AvgIpc) is 3.47. The zero-order valence-electron chi connectivity index (χ0n) is 17.5. The number of nitrogens with zero attached hydrogens (tertiary/aromatic N) is 3. The van der Waals surface area contributed by atoms with E-state index in [0.717, 1.165) is 44.1 Å². The summed E-state index contributed by atoms with van der Waals surface area (Å²) in [4.78, 5) is 21.9. The van der Waals surface area contributed by atoms with Gasteiger partial charge in [0.2, 0.25) is 5.91 Å². The molecule has 5 nitrogen and oxygen atoms in total. The third kappa shape index (κ3) is 5.89. The van der Waals surface area contributed by atoms with Crippen molar-refractivity contribution < 1.29 is 9.53 Å². The molecule has 1 unspecified atom stereocenters. The number of hydrogen-bond acceptors (Lipinski definition) is 4. The van der Waals surface area contributed by atoms with E-state index in [-0.39, 0.29) is 12.0 Å². The van der Waals surface area contributed by atoms with Crippen molar-refractivity contribution in [3.8, 4) is 0 Å². The van der Waals surface area contributed by atoms with Crippen molar-refractivity contribution in [1.82, 2.24) is 14.8 Å². The molecule has 2 saturated heterocycles. The summed E-state index contributed by atoms with van der Waals surface area (Å²) >= 11 is 0. The third-order valence-electron chi connectivity index (χ3n) is 6.83. The molecule has 0 spiro atoms. The topological polar surface area (TPSA) is 45.7 Å². The Hall–Kier alpha value is -1.72. The number of likely N-dealkylation sites (tertiary alicyclic amines) is 1. The lowest BCUT2D eigenvalue weighted by molar-refractivity contribution is -0.128. The molecule has 3 aliphatic rings. The minimum Gasteiger partial charge on any atom is -0.376 e. The van der Waals surface area contributed by atoms with Gasteiger partial charge in [0.1, 0.15) is 0 Å². The molecule has 29 heavy (non-hydrogen) atoms. The molecule has 2 aliphatic heterocycles. The lowest BCUT2D eigenvalue weighted by Crippen LogP contribution is -2.45. The van der Waals surface area contributed by atoms with Crippen LogP contribution in [0.5, 0.6) is 0 Å². The van der Waals surface area contributed by atoms with Gasteiger partial charge in [0, 0.05) is 44.2 Å². The summed E-state index contributed by atoms with van der Waals surface area (Å²) in [5, 5.41) is 0. The van der Waals surface area contributed by atoms with Crippen LogP contribution in [0.1, 0.15) is 56.9 Å². The lowest BCUT2D eigenvalue weighted by atomic mass is 9.94. The first-order valence-electron chi connectivity index (χ1n) is 11.5. The zero-order chi connectivity index (χ0) is 19.9. The SMILES string of the molecule is O=C(C=Cc1cccnc1)N(CC1CCN(C2CCCC2)CC1)CC1CCCO1. The van der Waals surface area contributed by atoms with Crippen LogP contribution in [0, 0.1) is 5.92 Å². The molecule has 3 fully saturated rings. The highest BCUT2D eigenvalue weighted by molar-refractivity contribution is 5.91. The summed E-state index contributed by atoms with van der Waals surface area (Å²) in [7, 11) is 0. The van der Waals surface area contributed by atoms with Gasteiger partial charge in [-0.25, -0.2) is 0 Å². The average molecular weight is 398 g/mol. The molecule has 0 radical (unpaired) electrons. The molecule has 1 aliphatic carbocycles. The first-order valence-corrected chi connectivity index (χ1v) is 11.5. The number of pyridine rings is 1. The number of amides is 1. The van der Waals surface area contributed by atoms with Crippen LogP contribution in [0.25, 0.3) is 6.08 Å². The maximum atomic E-state index is 13.0. The minimum absolute atomic E-state index is 0.0996. The highest BCUT2D eigenvalue weighted by atomic mass is 16.5. The van der Waals surface area contributed by atoms with E-state index in [4.69, 9.17) is 4.74 Å². The molecule has 1 atom stereocenters. The van der Waals surface area contributed by atoms with Crippen molar-refractivity contribution in [3.05, 3.63) is 36.2 Å². The Labute approximate surface area is 175 Å². The van der Waals surface area contributed by atoms with Crippen LogP contribution in [0.15, 0.2) is 30.6 Å². The fraction of sp³-hybridized carbons (Fsp3) is 0.667. The van der Waals surface area contributed by atoms with E-state index in [0.29, 0.717) is 5.92 Å². The van der Waals surface area contributed by atoms with E-state index in [2.05, 4.69) is 9.88 Å². The Bertz CT molecular complexity index is 658. The second-order valence-electron chi connectivity index (χ2n) is 8.92. The quantitative estimate of drug-likeness (QED) is 0.657. The molecule has 1 amide bonds. The van der Waals surface area contributed by atoms with Gasteiger partial charge in [0.25, 0.3) is 0 Å². The highest BCUT2D eigenvalue weighted by Gasteiger charge is 2.29. The lowest BCUT2D eigenvalue weighted by Gasteiger charge is -2.38. The summed E-state index contributed by atoms with van der Waals surface area (Å²) in [6.07, 6.45) is 17.5. The van der Waals surface area contributed by atoms with Crippen molar-refractivity contribution >= 4 is 12.0 Å². The van der Waals surface area contributed by atoms with Crippen molar-refractivity contribution in [2.24, 2.45) is 5.92 Å². The van der Waals surface area contributed by atoms with Gasteiger partial charge in [-0.3, -0.25) is 9.78 Å². The first-order chi connectivity index (χ1) is 14.3. The van der Waals surface area contributed by atoms with E-state index < -0.39 is 0 Å². The smallest absolute Gasteiger partial charge is 0.246 e. The van der Waals surface area contributed by atoms with Crippen LogP contribution >= 0.6 is 0 Å². The number of rotatable bonds is 7. The Morgan fingerprint density at radius 3 is 2.66 bits per heavy atom. The maximum absolute atomic E-state index is 13.0. The standard InChI is InChI=1S/C24H35N3O2/c28-24(10-9-20-5-3-13-25-17-20)27(19-23-8-4-16-29-23)18-21-11-14-26(15-12-21)22-6-1-2-7-22/h3,5,9-10,13,17,21-23H,1-2,4,6-8,11-12,14-16,18-19H2. The van der Waals surface area contributed by atoms with E-state index >= 15 is 0 Å². The summed E-state index contributed by atoms with van der Waals surface area (Å²) in [5.74, 6) is 0.701. The summed E-state index contributed by atoms with van der Waals surface area (Å²) in [6.45, 7) is 4.80. The van der Waals surface area contributed by atoms with Crippen molar-refractivity contribution in [2.75, 3.05) is 32.8 Å². The Balaban J connectivity index is 1.33. The predicted octanol–water partition coefficient (Wildman–Crippen LogP) is 3.76. The molecule has 0 N–H and O–H groups in total. The van der Waals surface area contributed by atoms with Gasteiger partial charge >= 0.3 is 0 Å². The van der Waals surface area contributed by atoms with Crippen LogP contribution in [-0.2, 0) is 9.53 Å². The van der Waals surface area contributed by atoms with Crippen LogP contribution in [-0.4, -0.2) is 65.6 Å². The largest absolute Gasteiger partial charge is 0.376 e. The van der Waals surface area contributed by atoms with Gasteiger partial charge in [-0.05, 0) is 75.2 Å². The molecule has 0 bridgehead atoms. The van der Waals surface area contributed by atoms with Gasteiger partial charge in [0.05, 0.1) is 6.10 Å². The summed E-state index contributed by atoms with van der Waals surface area (Å²) in [5.41, 5.74) is 0.961. The Morgan fingerprint density at radius 1 is 1.14 bits per heavy atom. The second-order valence-corrected chi connectivity index (χ2v) is 8.92. The highest BCUT2D eigenvalue weighted by Crippen LogP contribution is 2.28. The van der Waals surface area contributed by atoms with Gasteiger partial charge in [-0.2, -0.15) is 0 Å². The Kier molecular flexibility index (Phi) is 7.33. The molecular weight excluding hydrogens is 362 g/mol. The van der Waals surface area contributed by atoms with E-state index in [1.807, 2.05) is 23.1 Å².